The van der Waals surface area contributed by atoms with Crippen molar-refractivity contribution in [2.24, 2.45) is 9.98 Å². The fourth-order valence-electron chi connectivity index (χ4n) is 0.755. The van der Waals surface area contributed by atoms with Gasteiger partial charge in [0.1, 0.15) is 0 Å². The molecule has 0 aromatic carbocycles. The standard InChI is InChI=1S/C9H17N3/c1-7(10-4)6-8(2)12-9(3)11-5/h6H,1-5H3,(H,11,12)/b8-6-,10-7?. The fraction of sp³-hybridized carbons (Fsp3) is 0.556. The first-order chi connectivity index (χ1) is 5.60. The van der Waals surface area contributed by atoms with Crippen LogP contribution in [0.15, 0.2) is 21.8 Å². The molecule has 3 nitrogen and oxygen atoms in total. The quantitative estimate of drug-likeness (QED) is 0.492. The maximum absolute atomic E-state index is 4.02. The average Bonchev–Trinajstić information content (AvgIpc) is 2.03. The molecular weight excluding hydrogens is 150 g/mol. The summed E-state index contributed by atoms with van der Waals surface area (Å²) in [7, 11) is 3.54. The number of allylic oxidation sites excluding steroid dienone is 2. The van der Waals surface area contributed by atoms with Gasteiger partial charge in [-0.25, -0.2) is 0 Å². The Morgan fingerprint density at radius 1 is 1.08 bits per heavy atom. The Bertz CT molecular complexity index is 224. The van der Waals surface area contributed by atoms with E-state index in [9.17, 15) is 0 Å². The van der Waals surface area contributed by atoms with E-state index in [1.54, 1.807) is 14.1 Å². The largest absolute Gasteiger partial charge is 0.348 e. The van der Waals surface area contributed by atoms with Crippen molar-refractivity contribution in [2.45, 2.75) is 20.8 Å². The first-order valence-electron chi connectivity index (χ1n) is 3.92. The van der Waals surface area contributed by atoms with Gasteiger partial charge in [-0.2, -0.15) is 0 Å². The molecule has 0 fully saturated rings. The molecule has 0 bridgehead atoms. The van der Waals surface area contributed by atoms with Crippen LogP contribution in [-0.2, 0) is 0 Å². The lowest BCUT2D eigenvalue weighted by Crippen LogP contribution is -2.18. The zero-order valence-electron chi connectivity index (χ0n) is 8.47. The van der Waals surface area contributed by atoms with Gasteiger partial charge < -0.3 is 5.32 Å². The number of hydrogen-bond acceptors (Lipinski definition) is 2. The lowest BCUT2D eigenvalue weighted by Gasteiger charge is -2.04. The molecule has 0 saturated heterocycles. The van der Waals surface area contributed by atoms with E-state index in [0.717, 1.165) is 17.2 Å². The maximum atomic E-state index is 4.02. The third kappa shape index (κ3) is 4.66. The van der Waals surface area contributed by atoms with Gasteiger partial charge in [-0.15, -0.1) is 0 Å². The van der Waals surface area contributed by atoms with E-state index in [2.05, 4.69) is 15.3 Å². The van der Waals surface area contributed by atoms with Gasteiger partial charge in [0.15, 0.2) is 0 Å². The van der Waals surface area contributed by atoms with Crippen LogP contribution in [0.5, 0.6) is 0 Å². The molecule has 0 aromatic rings. The first-order valence-corrected chi connectivity index (χ1v) is 3.92. The molecule has 0 rings (SSSR count). The van der Waals surface area contributed by atoms with Crippen LogP contribution in [0, 0.1) is 0 Å². The average molecular weight is 167 g/mol. The molecule has 0 amide bonds. The minimum absolute atomic E-state index is 0.910. The molecule has 0 aromatic heterocycles. The summed E-state index contributed by atoms with van der Waals surface area (Å²) in [6.07, 6.45) is 1.98. The normalized spacial score (nSPS) is 14.9. The van der Waals surface area contributed by atoms with Crippen LogP contribution < -0.4 is 5.32 Å². The van der Waals surface area contributed by atoms with Gasteiger partial charge in [0.05, 0.1) is 5.84 Å². The number of rotatable bonds is 2. The Kier molecular flexibility index (Phi) is 5.00. The second-order valence-corrected chi connectivity index (χ2v) is 2.63. The third-order valence-corrected chi connectivity index (χ3v) is 1.49. The van der Waals surface area contributed by atoms with Crippen molar-refractivity contribution in [3.63, 3.8) is 0 Å². The molecule has 0 radical (unpaired) electrons. The van der Waals surface area contributed by atoms with E-state index in [4.69, 9.17) is 0 Å². The van der Waals surface area contributed by atoms with Crippen LogP contribution in [0.25, 0.3) is 0 Å². The predicted octanol–water partition coefficient (Wildman–Crippen LogP) is 1.62. The van der Waals surface area contributed by atoms with E-state index in [1.165, 1.54) is 0 Å². The van der Waals surface area contributed by atoms with Crippen molar-refractivity contribution in [1.82, 2.24) is 5.32 Å². The van der Waals surface area contributed by atoms with Crippen molar-refractivity contribution >= 4 is 11.5 Å². The van der Waals surface area contributed by atoms with Crippen LogP contribution in [-0.4, -0.2) is 25.6 Å². The molecule has 0 heterocycles. The topological polar surface area (TPSA) is 36.8 Å². The summed E-state index contributed by atoms with van der Waals surface area (Å²) in [6, 6.07) is 0. The number of hydrogen-bond donors (Lipinski definition) is 1. The lowest BCUT2D eigenvalue weighted by molar-refractivity contribution is 1.09. The highest BCUT2D eigenvalue weighted by Gasteiger charge is 1.90. The maximum Gasteiger partial charge on any atom is 0.0969 e. The molecule has 0 aliphatic heterocycles. The fourth-order valence-corrected chi connectivity index (χ4v) is 0.755. The Hall–Kier alpha value is -1.12. The monoisotopic (exact) mass is 167 g/mol. The predicted molar refractivity (Wildman–Crippen MR) is 55.0 cm³/mol. The van der Waals surface area contributed by atoms with Gasteiger partial charge in [0.2, 0.25) is 0 Å². The molecule has 3 heteroatoms. The second-order valence-electron chi connectivity index (χ2n) is 2.63. The minimum Gasteiger partial charge on any atom is -0.348 e. The molecule has 0 spiro atoms. The third-order valence-electron chi connectivity index (χ3n) is 1.49. The molecule has 12 heavy (non-hydrogen) atoms. The lowest BCUT2D eigenvalue weighted by atomic mass is 10.3. The first kappa shape index (κ1) is 10.9. The molecular formula is C9H17N3. The summed E-state index contributed by atoms with van der Waals surface area (Å²) >= 11 is 0. The summed E-state index contributed by atoms with van der Waals surface area (Å²) in [5.74, 6) is 0.910. The van der Waals surface area contributed by atoms with Gasteiger partial charge in [-0.3, -0.25) is 9.98 Å². The number of aliphatic imine (C=N–C) groups is 2. The van der Waals surface area contributed by atoms with Crippen molar-refractivity contribution in [3.05, 3.63) is 11.8 Å². The second kappa shape index (κ2) is 5.52. The number of nitrogens with zero attached hydrogens (tertiary/aromatic N) is 2. The number of nitrogens with one attached hydrogen (secondary N) is 1. The van der Waals surface area contributed by atoms with Crippen LogP contribution in [0.2, 0.25) is 0 Å². The smallest absolute Gasteiger partial charge is 0.0969 e. The zero-order chi connectivity index (χ0) is 9.56. The molecule has 0 aliphatic carbocycles. The number of amidine groups is 1. The highest BCUT2D eigenvalue weighted by molar-refractivity contribution is 5.94. The summed E-state index contributed by atoms with van der Waals surface area (Å²) in [5.41, 5.74) is 2.06. The molecule has 0 saturated carbocycles. The Morgan fingerprint density at radius 2 is 1.67 bits per heavy atom. The van der Waals surface area contributed by atoms with Gasteiger partial charge in [0.25, 0.3) is 0 Å². The van der Waals surface area contributed by atoms with Crippen LogP contribution in [0.1, 0.15) is 20.8 Å². The van der Waals surface area contributed by atoms with Gasteiger partial charge in [-0.05, 0) is 26.8 Å². The SMILES string of the molecule is CN=C(C)/C=C(/C)NC(C)=NC. The molecule has 0 unspecified atom stereocenters. The van der Waals surface area contributed by atoms with E-state index in [-0.39, 0.29) is 0 Å². The minimum atomic E-state index is 0.910. The Balaban J connectivity index is 4.21. The van der Waals surface area contributed by atoms with E-state index >= 15 is 0 Å². The summed E-state index contributed by atoms with van der Waals surface area (Å²) in [6.45, 7) is 5.88. The zero-order valence-corrected chi connectivity index (χ0v) is 8.47. The molecule has 0 atom stereocenters. The van der Waals surface area contributed by atoms with Crippen molar-refractivity contribution in [3.8, 4) is 0 Å². The van der Waals surface area contributed by atoms with Crippen LogP contribution >= 0.6 is 0 Å². The van der Waals surface area contributed by atoms with Crippen molar-refractivity contribution in [1.29, 1.82) is 0 Å². The Labute approximate surface area is 74.3 Å². The van der Waals surface area contributed by atoms with E-state index in [0.29, 0.717) is 0 Å². The molecule has 0 aliphatic rings. The van der Waals surface area contributed by atoms with Crippen LogP contribution in [0.3, 0.4) is 0 Å². The van der Waals surface area contributed by atoms with Crippen LogP contribution in [0.4, 0.5) is 0 Å². The van der Waals surface area contributed by atoms with Gasteiger partial charge >= 0.3 is 0 Å². The van der Waals surface area contributed by atoms with E-state index < -0.39 is 0 Å². The highest BCUT2D eigenvalue weighted by Crippen LogP contribution is 1.89. The Morgan fingerprint density at radius 3 is 2.08 bits per heavy atom. The van der Waals surface area contributed by atoms with Gasteiger partial charge in [0, 0.05) is 25.5 Å². The summed E-state index contributed by atoms with van der Waals surface area (Å²) in [4.78, 5) is 8.01. The highest BCUT2D eigenvalue weighted by atomic mass is 15.0. The summed E-state index contributed by atoms with van der Waals surface area (Å²) in [5, 5.41) is 3.12. The van der Waals surface area contributed by atoms with Crippen molar-refractivity contribution in [2.75, 3.05) is 14.1 Å². The molecule has 1 N–H and O–H groups in total. The molecule has 68 valence electrons. The van der Waals surface area contributed by atoms with E-state index in [1.807, 2.05) is 26.8 Å². The van der Waals surface area contributed by atoms with Crippen molar-refractivity contribution < 1.29 is 0 Å². The summed E-state index contributed by atoms with van der Waals surface area (Å²) < 4.78 is 0. The van der Waals surface area contributed by atoms with Gasteiger partial charge in [-0.1, -0.05) is 0 Å².